The van der Waals surface area contributed by atoms with Crippen LogP contribution in [0.1, 0.15) is 30.4 Å². The zero-order valence-corrected chi connectivity index (χ0v) is 15.6. The van der Waals surface area contributed by atoms with Crippen LogP contribution in [-0.4, -0.2) is 45.4 Å². The Morgan fingerprint density at radius 3 is 2.32 bits per heavy atom. The van der Waals surface area contributed by atoms with E-state index in [2.05, 4.69) is 15.4 Å². The Bertz CT molecular complexity index is 668. The van der Waals surface area contributed by atoms with Crippen molar-refractivity contribution in [2.75, 3.05) is 13.7 Å². The van der Waals surface area contributed by atoms with Crippen molar-refractivity contribution in [2.24, 2.45) is 0 Å². The highest BCUT2D eigenvalue weighted by Crippen LogP contribution is 2.29. The number of unbranched alkanes of at least 4 members (excludes halogenated alkanes) is 1. The van der Waals surface area contributed by atoms with Crippen molar-refractivity contribution < 1.29 is 37.0 Å². The lowest BCUT2D eigenvalue weighted by Gasteiger charge is -2.16. The molecule has 0 saturated heterocycles. The first-order valence-corrected chi connectivity index (χ1v) is 8.55. The molecule has 28 heavy (non-hydrogen) atoms. The smallest absolute Gasteiger partial charge is 0.416 e. The fourth-order valence-corrected chi connectivity index (χ4v) is 2.25. The molecule has 1 aromatic rings. The van der Waals surface area contributed by atoms with Gasteiger partial charge in [-0.2, -0.15) is 13.2 Å². The van der Waals surface area contributed by atoms with Crippen LogP contribution < -0.4 is 10.6 Å². The van der Waals surface area contributed by atoms with Gasteiger partial charge in [-0.1, -0.05) is 12.1 Å². The number of halogens is 3. The monoisotopic (exact) mass is 402 g/mol. The molecule has 11 heteroatoms. The molecule has 1 aromatic carbocycles. The predicted molar refractivity (Wildman–Crippen MR) is 96.4 cm³/mol. The van der Waals surface area contributed by atoms with Crippen molar-refractivity contribution in [3.8, 4) is 0 Å². The van der Waals surface area contributed by atoms with Gasteiger partial charge in [-0.15, -0.1) is 0 Å². The highest BCUT2D eigenvalue weighted by molar-refractivity contribution is 6.57. The fraction of sp³-hybridized carbons (Fsp3) is 0.471. The molecule has 0 spiro atoms. The van der Waals surface area contributed by atoms with E-state index in [1.54, 1.807) is 0 Å². The first kappa shape index (κ1) is 23.3. The van der Waals surface area contributed by atoms with Crippen LogP contribution in [-0.2, 0) is 27.1 Å². The van der Waals surface area contributed by atoms with Gasteiger partial charge in [0.1, 0.15) is 12.6 Å². The van der Waals surface area contributed by atoms with Gasteiger partial charge in [0.15, 0.2) is 5.81 Å². The van der Waals surface area contributed by atoms with E-state index in [4.69, 9.17) is 4.74 Å². The summed E-state index contributed by atoms with van der Waals surface area (Å²) in [5.41, 5.74) is -0.432. The van der Waals surface area contributed by atoms with Crippen LogP contribution in [0.4, 0.5) is 22.8 Å². The highest BCUT2D eigenvalue weighted by Gasteiger charge is 2.30. The molecule has 0 unspecified atom stereocenters. The summed E-state index contributed by atoms with van der Waals surface area (Å²) in [5.74, 6) is -0.805. The van der Waals surface area contributed by atoms with Gasteiger partial charge >= 0.3 is 18.2 Å². The third-order valence-corrected chi connectivity index (χ3v) is 3.72. The number of carbonyl (C=O) groups excluding carboxylic acids is 3. The second kappa shape index (κ2) is 11.2. The minimum absolute atomic E-state index is 0.158. The molecule has 0 bridgehead atoms. The van der Waals surface area contributed by atoms with Crippen LogP contribution in [0.25, 0.3) is 0 Å². The molecule has 154 valence electrons. The predicted octanol–water partition coefficient (Wildman–Crippen LogP) is 1.99. The largest absolute Gasteiger partial charge is 0.467 e. The van der Waals surface area contributed by atoms with Crippen LogP contribution in [0.3, 0.4) is 0 Å². The Labute approximate surface area is 161 Å². The number of ether oxygens (including phenoxy) is 2. The van der Waals surface area contributed by atoms with Crippen LogP contribution in [0.15, 0.2) is 24.3 Å². The molecule has 0 heterocycles. The molecular formula is C17H22BF3N2O5. The minimum Gasteiger partial charge on any atom is -0.467 e. The van der Waals surface area contributed by atoms with Gasteiger partial charge in [0, 0.05) is 6.54 Å². The van der Waals surface area contributed by atoms with Crippen LogP contribution in [0.2, 0.25) is 0 Å². The molecule has 2 amide bonds. The SMILES string of the molecule is BC(=O)NCCCC[C@H](NC(=O)OCc1ccc(C(F)(F)F)cc1)C(=O)OC. The van der Waals surface area contributed by atoms with E-state index in [1.165, 1.54) is 27.1 Å². The number of benzene rings is 1. The normalized spacial score (nSPS) is 12.0. The average Bonchev–Trinajstić information content (AvgIpc) is 2.63. The van der Waals surface area contributed by atoms with Crippen molar-refractivity contribution in [2.45, 2.75) is 38.1 Å². The number of nitrogens with one attached hydrogen (secondary N) is 2. The lowest BCUT2D eigenvalue weighted by atomic mass is 10.1. The Hall–Kier alpha value is -2.72. The molecule has 1 atom stereocenters. The summed E-state index contributed by atoms with van der Waals surface area (Å²) in [6, 6.07) is 3.26. The summed E-state index contributed by atoms with van der Waals surface area (Å²) in [4.78, 5) is 34.4. The van der Waals surface area contributed by atoms with Crippen molar-refractivity contribution in [3.05, 3.63) is 35.4 Å². The maximum absolute atomic E-state index is 12.5. The molecule has 0 fully saturated rings. The molecule has 7 nitrogen and oxygen atoms in total. The standard InChI is InChI=1S/C17H22BF3N2O5/c1-27-14(24)13(4-2-3-9-22-15(18)25)23-16(26)28-10-11-5-7-12(8-6-11)17(19,20)21/h5-8,13H,2-4,9-10,18H2,1H3,(H,22,25)(H,23,26)/t13-/m0/s1. The summed E-state index contributed by atoms with van der Waals surface area (Å²) in [6.45, 7) is 0.196. The molecular weight excluding hydrogens is 380 g/mol. The van der Waals surface area contributed by atoms with Crippen molar-refractivity contribution in [1.82, 2.24) is 10.6 Å². The summed E-state index contributed by atoms with van der Waals surface area (Å²) < 4.78 is 47.1. The zero-order chi connectivity index (χ0) is 21.2. The second-order valence-electron chi connectivity index (χ2n) is 5.97. The van der Waals surface area contributed by atoms with Crippen LogP contribution >= 0.6 is 0 Å². The number of methoxy groups -OCH3 is 1. The Morgan fingerprint density at radius 2 is 1.79 bits per heavy atom. The van der Waals surface area contributed by atoms with E-state index >= 15 is 0 Å². The lowest BCUT2D eigenvalue weighted by molar-refractivity contribution is -0.143. The third-order valence-electron chi connectivity index (χ3n) is 3.72. The summed E-state index contributed by atoms with van der Waals surface area (Å²) in [6.07, 6.45) is -3.90. The van der Waals surface area contributed by atoms with E-state index < -0.39 is 29.8 Å². The summed E-state index contributed by atoms with van der Waals surface area (Å²) in [5, 5.41) is 4.99. The Balaban J connectivity index is 2.47. The topological polar surface area (TPSA) is 93.7 Å². The van der Waals surface area contributed by atoms with Gasteiger partial charge in [-0.3, -0.25) is 4.79 Å². The van der Waals surface area contributed by atoms with Crippen LogP contribution in [0.5, 0.6) is 0 Å². The highest BCUT2D eigenvalue weighted by atomic mass is 19.4. The molecule has 0 aliphatic carbocycles. The Kier molecular flexibility index (Phi) is 9.33. The first-order chi connectivity index (χ1) is 13.1. The lowest BCUT2D eigenvalue weighted by Crippen LogP contribution is -2.41. The fourth-order valence-electron chi connectivity index (χ4n) is 2.25. The van der Waals surface area contributed by atoms with E-state index in [1.807, 2.05) is 0 Å². The van der Waals surface area contributed by atoms with E-state index in [-0.39, 0.29) is 18.8 Å². The quantitative estimate of drug-likeness (QED) is 0.374. The van der Waals surface area contributed by atoms with Crippen molar-refractivity contribution in [1.29, 1.82) is 0 Å². The maximum Gasteiger partial charge on any atom is 0.416 e. The van der Waals surface area contributed by atoms with E-state index in [9.17, 15) is 27.6 Å². The third kappa shape index (κ3) is 8.78. The summed E-state index contributed by atoms with van der Waals surface area (Å²) in [7, 11) is 2.58. The van der Waals surface area contributed by atoms with Gasteiger partial charge in [0.25, 0.3) is 0 Å². The maximum atomic E-state index is 12.5. The number of alkyl carbamates (subject to hydrolysis) is 1. The van der Waals surface area contributed by atoms with Crippen molar-refractivity contribution >= 4 is 25.7 Å². The van der Waals surface area contributed by atoms with Gasteiger partial charge in [0.2, 0.25) is 7.85 Å². The molecule has 1 rings (SSSR count). The molecule has 0 aliphatic heterocycles. The van der Waals surface area contributed by atoms with Gasteiger partial charge < -0.3 is 20.1 Å². The molecule has 0 aromatic heterocycles. The number of carbonyl (C=O) groups is 3. The average molecular weight is 402 g/mol. The molecule has 0 saturated carbocycles. The molecule has 0 radical (unpaired) electrons. The Morgan fingerprint density at radius 1 is 1.14 bits per heavy atom. The van der Waals surface area contributed by atoms with Gasteiger partial charge in [0.05, 0.1) is 12.7 Å². The number of rotatable bonds is 9. The zero-order valence-electron chi connectivity index (χ0n) is 15.6. The molecule has 0 aliphatic rings. The minimum atomic E-state index is -4.44. The second-order valence-corrected chi connectivity index (χ2v) is 5.97. The first-order valence-electron chi connectivity index (χ1n) is 8.55. The number of hydrogen-bond acceptors (Lipinski definition) is 5. The number of amides is 2. The number of esters is 1. The van der Waals surface area contributed by atoms with Crippen molar-refractivity contribution in [3.63, 3.8) is 0 Å². The van der Waals surface area contributed by atoms with Gasteiger partial charge in [-0.25, -0.2) is 9.59 Å². The van der Waals surface area contributed by atoms with Crippen LogP contribution in [0, 0.1) is 0 Å². The number of alkyl halides is 3. The van der Waals surface area contributed by atoms with Gasteiger partial charge in [-0.05, 0) is 37.0 Å². The number of hydrogen-bond donors (Lipinski definition) is 2. The van der Waals surface area contributed by atoms with E-state index in [0.29, 0.717) is 24.9 Å². The molecule has 2 N–H and O–H groups in total. The van der Waals surface area contributed by atoms with E-state index in [0.717, 1.165) is 12.1 Å². The summed E-state index contributed by atoms with van der Waals surface area (Å²) >= 11 is 0.